The minimum absolute atomic E-state index is 0.0908. The van der Waals surface area contributed by atoms with Gasteiger partial charge in [0.05, 0.1) is 22.1 Å². The molecule has 0 atom stereocenters. The topological polar surface area (TPSA) is 76.5 Å². The highest BCUT2D eigenvalue weighted by Gasteiger charge is 2.19. The Morgan fingerprint density at radius 1 is 1.17 bits per heavy atom. The minimum Gasteiger partial charge on any atom is -0.275 e. The molecule has 0 fully saturated rings. The van der Waals surface area contributed by atoms with E-state index in [1.54, 1.807) is 15.6 Å². The Hall–Kier alpha value is -3.66. The fourth-order valence-electron chi connectivity index (χ4n) is 4.01. The molecule has 0 spiro atoms. The summed E-state index contributed by atoms with van der Waals surface area (Å²) in [6, 6.07) is 11.6. The van der Waals surface area contributed by atoms with Gasteiger partial charge in [0.1, 0.15) is 6.33 Å². The van der Waals surface area contributed by atoms with Crippen molar-refractivity contribution in [1.82, 2.24) is 19.3 Å². The molecule has 29 heavy (non-hydrogen) atoms. The molecule has 0 radical (unpaired) electrons. The molecule has 2 aromatic heterocycles. The number of fused-ring (bicyclic) bond motifs is 2. The van der Waals surface area contributed by atoms with Crippen LogP contribution in [-0.2, 0) is 7.05 Å². The number of nitrogens with zero attached hydrogens (tertiary/aromatic N) is 5. The van der Waals surface area contributed by atoms with Crippen molar-refractivity contribution < 1.29 is 0 Å². The van der Waals surface area contributed by atoms with Crippen LogP contribution in [0.5, 0.6) is 0 Å². The summed E-state index contributed by atoms with van der Waals surface area (Å²) >= 11 is 0. The SMILES string of the molecule is Cn1cc2cc(-n3cnc4cc(C5=CCB(C#N)CC5)ccc4c3=O)ccc2n1. The summed E-state index contributed by atoms with van der Waals surface area (Å²) in [5, 5.41) is 15.0. The number of benzene rings is 2. The maximum absolute atomic E-state index is 13.1. The van der Waals surface area contributed by atoms with Gasteiger partial charge in [-0.05, 0) is 54.2 Å². The van der Waals surface area contributed by atoms with Gasteiger partial charge in [-0.15, -0.1) is 0 Å². The Bertz CT molecular complexity index is 1390. The molecule has 1 aliphatic rings. The molecular weight excluding hydrogens is 361 g/mol. The first-order valence-corrected chi connectivity index (χ1v) is 9.66. The Morgan fingerprint density at radius 2 is 2.07 bits per heavy atom. The first-order chi connectivity index (χ1) is 14.1. The van der Waals surface area contributed by atoms with Crippen molar-refractivity contribution in [3.63, 3.8) is 0 Å². The number of hydrogen-bond donors (Lipinski definition) is 0. The largest absolute Gasteiger partial charge is 0.275 e. The van der Waals surface area contributed by atoms with Crippen LogP contribution in [0.3, 0.4) is 0 Å². The molecule has 0 saturated heterocycles. The van der Waals surface area contributed by atoms with Crippen molar-refractivity contribution in [2.45, 2.75) is 19.1 Å². The van der Waals surface area contributed by atoms with Crippen LogP contribution in [-0.4, -0.2) is 26.0 Å². The zero-order valence-electron chi connectivity index (χ0n) is 16.0. The maximum Gasteiger partial charge on any atom is 0.271 e. The molecule has 6 nitrogen and oxygen atoms in total. The molecule has 0 bridgehead atoms. The predicted octanol–water partition coefficient (Wildman–Crippen LogP) is 3.62. The van der Waals surface area contributed by atoms with Gasteiger partial charge in [0.25, 0.3) is 12.3 Å². The van der Waals surface area contributed by atoms with E-state index in [2.05, 4.69) is 22.1 Å². The number of allylic oxidation sites excluding steroid dienone is 2. The second-order valence-corrected chi connectivity index (χ2v) is 7.53. The molecule has 3 heterocycles. The van der Waals surface area contributed by atoms with Crippen molar-refractivity contribution in [1.29, 1.82) is 5.26 Å². The van der Waals surface area contributed by atoms with Gasteiger partial charge in [-0.1, -0.05) is 18.5 Å². The van der Waals surface area contributed by atoms with Gasteiger partial charge in [0, 0.05) is 24.6 Å². The van der Waals surface area contributed by atoms with Gasteiger partial charge in [-0.25, -0.2) is 10.2 Å². The van der Waals surface area contributed by atoms with Crippen molar-refractivity contribution >= 4 is 34.1 Å². The lowest BCUT2D eigenvalue weighted by Gasteiger charge is -2.15. The molecule has 0 saturated carbocycles. The molecule has 1 aliphatic heterocycles. The van der Waals surface area contributed by atoms with E-state index in [1.165, 1.54) is 5.57 Å². The lowest BCUT2D eigenvalue weighted by molar-refractivity contribution is 0.780. The monoisotopic (exact) mass is 379 g/mol. The average molecular weight is 379 g/mol. The molecule has 2 aromatic carbocycles. The standard InChI is InChI=1S/C22H18BN5O/c1-27-12-17-10-18(3-5-20(17)26-27)28-14-25-21-11-16(2-4-19(21)22(28)29)15-6-8-23(13-24)9-7-15/h2-6,10-12,14H,7-9H2,1H3. The zero-order valence-corrected chi connectivity index (χ0v) is 16.0. The first-order valence-electron chi connectivity index (χ1n) is 9.66. The van der Waals surface area contributed by atoms with E-state index in [0.717, 1.165) is 41.2 Å². The van der Waals surface area contributed by atoms with Crippen molar-refractivity contribution in [2.24, 2.45) is 7.05 Å². The lowest BCUT2D eigenvalue weighted by atomic mass is 9.43. The first kappa shape index (κ1) is 17.4. The summed E-state index contributed by atoms with van der Waals surface area (Å²) in [6.45, 7) is 0.113. The molecule has 4 aromatic rings. The van der Waals surface area contributed by atoms with E-state index in [9.17, 15) is 4.79 Å². The van der Waals surface area contributed by atoms with Crippen molar-refractivity contribution in [2.75, 3.05) is 0 Å². The second kappa shape index (κ2) is 6.75. The molecule has 7 heteroatoms. The van der Waals surface area contributed by atoms with Gasteiger partial charge in [-0.2, -0.15) is 5.10 Å². The van der Waals surface area contributed by atoms with Crippen molar-refractivity contribution in [3.05, 3.63) is 70.9 Å². The number of rotatable bonds is 2. The van der Waals surface area contributed by atoms with E-state index in [4.69, 9.17) is 5.26 Å². The summed E-state index contributed by atoms with van der Waals surface area (Å²) < 4.78 is 3.34. The smallest absolute Gasteiger partial charge is 0.271 e. The second-order valence-electron chi connectivity index (χ2n) is 7.53. The van der Waals surface area contributed by atoms with E-state index in [-0.39, 0.29) is 12.3 Å². The number of hydrogen-bond acceptors (Lipinski definition) is 4. The number of nitriles is 1. The fraction of sp³-hybridized carbons (Fsp3) is 0.182. The van der Waals surface area contributed by atoms with Crippen LogP contribution in [0, 0.1) is 11.2 Å². The average Bonchev–Trinajstić information content (AvgIpc) is 3.13. The van der Waals surface area contributed by atoms with Crippen LogP contribution >= 0.6 is 0 Å². The Balaban J connectivity index is 1.56. The van der Waals surface area contributed by atoms with Gasteiger partial charge < -0.3 is 0 Å². The number of aromatic nitrogens is 4. The third kappa shape index (κ3) is 3.03. The zero-order chi connectivity index (χ0) is 20.0. The molecule has 5 rings (SSSR count). The van der Waals surface area contributed by atoms with Crippen molar-refractivity contribution in [3.8, 4) is 11.7 Å². The highest BCUT2D eigenvalue weighted by atomic mass is 16.1. The van der Waals surface area contributed by atoms with Gasteiger partial charge in [0.2, 0.25) is 0 Å². The van der Waals surface area contributed by atoms with Gasteiger partial charge >= 0.3 is 0 Å². The van der Waals surface area contributed by atoms with Crippen LogP contribution in [0.25, 0.3) is 33.1 Å². The summed E-state index contributed by atoms with van der Waals surface area (Å²) in [6.07, 6.45) is 8.21. The van der Waals surface area contributed by atoms with Crippen LogP contribution in [0.1, 0.15) is 12.0 Å². The van der Waals surface area contributed by atoms with E-state index < -0.39 is 0 Å². The summed E-state index contributed by atoms with van der Waals surface area (Å²) in [5.74, 6) is 2.34. The van der Waals surface area contributed by atoms with Crippen LogP contribution in [0.15, 0.2) is 59.8 Å². The van der Waals surface area contributed by atoms with Crippen LogP contribution in [0.2, 0.25) is 12.6 Å². The Labute approximate surface area is 167 Å². The fourth-order valence-corrected chi connectivity index (χ4v) is 4.01. The summed E-state index contributed by atoms with van der Waals surface area (Å²) in [5.41, 5.74) is 4.57. The Morgan fingerprint density at radius 3 is 2.86 bits per heavy atom. The molecule has 0 aliphatic carbocycles. The van der Waals surface area contributed by atoms with Crippen LogP contribution in [0.4, 0.5) is 0 Å². The maximum atomic E-state index is 13.1. The van der Waals surface area contributed by atoms with Gasteiger partial charge in [-0.3, -0.25) is 14.0 Å². The van der Waals surface area contributed by atoms with Gasteiger partial charge in [0.15, 0.2) is 0 Å². The van der Waals surface area contributed by atoms with E-state index in [1.807, 2.05) is 49.6 Å². The quantitative estimate of drug-likeness (QED) is 0.499. The summed E-state index contributed by atoms with van der Waals surface area (Å²) in [7, 11) is 1.88. The predicted molar refractivity (Wildman–Crippen MR) is 115 cm³/mol. The molecule has 0 N–H and O–H groups in total. The summed E-state index contributed by atoms with van der Waals surface area (Å²) in [4.78, 5) is 17.6. The lowest BCUT2D eigenvalue weighted by Crippen LogP contribution is -2.19. The van der Waals surface area contributed by atoms with E-state index in [0.29, 0.717) is 10.9 Å². The number of aryl methyl sites for hydroxylation is 1. The highest BCUT2D eigenvalue weighted by molar-refractivity contribution is 6.67. The molecule has 140 valence electrons. The minimum atomic E-state index is -0.0908. The third-order valence-corrected chi connectivity index (χ3v) is 5.60. The van der Waals surface area contributed by atoms with E-state index >= 15 is 0 Å². The van der Waals surface area contributed by atoms with Crippen LogP contribution < -0.4 is 5.56 Å². The molecular formula is C22H18BN5O. The molecule has 0 unspecified atom stereocenters. The third-order valence-electron chi connectivity index (χ3n) is 5.60. The highest BCUT2D eigenvalue weighted by Crippen LogP contribution is 2.28. The normalized spacial score (nSPS) is 14.2. The Kier molecular flexibility index (Phi) is 4.06. The molecule has 0 amide bonds.